The molecule has 0 aliphatic rings. The van der Waals surface area contributed by atoms with Crippen molar-refractivity contribution in [1.82, 2.24) is 10.6 Å². The highest BCUT2D eigenvalue weighted by atomic mass is 79.9. The maximum atomic E-state index is 12.7. The molecule has 0 bridgehead atoms. The van der Waals surface area contributed by atoms with Gasteiger partial charge < -0.3 is 10.6 Å². The Morgan fingerprint density at radius 1 is 0.806 bits per heavy atom. The first-order chi connectivity index (χ1) is 17.2. The van der Waals surface area contributed by atoms with Crippen LogP contribution in [0.2, 0.25) is 0 Å². The summed E-state index contributed by atoms with van der Waals surface area (Å²) < 4.78 is 39.7. The second-order valence-electron chi connectivity index (χ2n) is 8.67. The van der Waals surface area contributed by atoms with Gasteiger partial charge >= 0.3 is 6.18 Å². The van der Waals surface area contributed by atoms with E-state index in [1.54, 1.807) is 12.1 Å². The molecule has 8 heteroatoms. The summed E-state index contributed by atoms with van der Waals surface area (Å²) in [6.45, 7) is 3.52. The fourth-order valence-corrected chi connectivity index (χ4v) is 5.20. The van der Waals surface area contributed by atoms with Crippen LogP contribution in [-0.2, 0) is 32.2 Å². The molecule has 192 valence electrons. The van der Waals surface area contributed by atoms with Crippen LogP contribution in [0.1, 0.15) is 64.4 Å². The van der Waals surface area contributed by atoms with Crippen molar-refractivity contribution >= 4 is 37.8 Å². The molecule has 0 spiro atoms. The van der Waals surface area contributed by atoms with E-state index >= 15 is 0 Å². The Balaban J connectivity index is 1.52. The lowest BCUT2D eigenvalue weighted by Gasteiger charge is -2.13. The van der Waals surface area contributed by atoms with Crippen LogP contribution in [0.25, 0.3) is 0 Å². The van der Waals surface area contributed by atoms with Crippen molar-refractivity contribution in [1.29, 1.82) is 0 Å². The first-order valence-electron chi connectivity index (χ1n) is 11.9. The molecule has 3 nitrogen and oxygen atoms in total. The van der Waals surface area contributed by atoms with E-state index in [1.165, 1.54) is 37.0 Å². The van der Waals surface area contributed by atoms with Crippen molar-refractivity contribution in [3.63, 3.8) is 0 Å². The van der Waals surface area contributed by atoms with Gasteiger partial charge in [0, 0.05) is 34.1 Å². The molecule has 36 heavy (non-hydrogen) atoms. The standard InChI is InChI=1S/C28H29Br2F3N2O/c1-2-3-4-5-19-6-8-21(9-7-19)17-35-27(36)22-14-25(29)24(26(30)15-22)18-34-16-20-10-12-23(13-11-20)28(31,32)33/h6-15,34H,2-5,16-18H2,1H3,(H,35,36). The molecular formula is C28H29Br2F3N2O. The van der Waals surface area contributed by atoms with E-state index in [1.807, 2.05) is 0 Å². The second-order valence-corrected chi connectivity index (χ2v) is 10.4. The Hall–Kier alpha value is -2.16. The van der Waals surface area contributed by atoms with E-state index in [2.05, 4.69) is 73.7 Å². The highest BCUT2D eigenvalue weighted by molar-refractivity contribution is 9.11. The van der Waals surface area contributed by atoms with Crippen LogP contribution in [0.3, 0.4) is 0 Å². The lowest BCUT2D eigenvalue weighted by atomic mass is 10.1. The minimum atomic E-state index is -4.34. The van der Waals surface area contributed by atoms with Crippen molar-refractivity contribution in [2.24, 2.45) is 0 Å². The van der Waals surface area contributed by atoms with Gasteiger partial charge in [-0.3, -0.25) is 4.79 Å². The second kappa shape index (κ2) is 13.4. The van der Waals surface area contributed by atoms with Gasteiger partial charge in [0.25, 0.3) is 5.91 Å². The number of rotatable bonds is 11. The number of hydrogen-bond acceptors (Lipinski definition) is 2. The predicted octanol–water partition coefficient (Wildman–Crippen LogP) is 8.18. The van der Waals surface area contributed by atoms with E-state index in [4.69, 9.17) is 0 Å². The van der Waals surface area contributed by atoms with Crippen molar-refractivity contribution < 1.29 is 18.0 Å². The van der Waals surface area contributed by atoms with E-state index in [0.717, 1.165) is 44.2 Å². The molecule has 0 aliphatic heterocycles. The number of carbonyl (C=O) groups is 1. The van der Waals surface area contributed by atoms with Gasteiger partial charge in [0.2, 0.25) is 0 Å². The smallest absolute Gasteiger partial charge is 0.348 e. The highest BCUT2D eigenvalue weighted by Gasteiger charge is 2.29. The van der Waals surface area contributed by atoms with Gasteiger partial charge in [-0.05, 0) is 59.4 Å². The number of benzene rings is 3. The first-order valence-corrected chi connectivity index (χ1v) is 13.5. The predicted molar refractivity (Wildman–Crippen MR) is 145 cm³/mol. The molecule has 0 unspecified atom stereocenters. The summed E-state index contributed by atoms with van der Waals surface area (Å²) in [6.07, 6.45) is 0.368. The molecule has 3 rings (SSSR count). The fraction of sp³-hybridized carbons (Fsp3) is 0.321. The highest BCUT2D eigenvalue weighted by Crippen LogP contribution is 2.30. The third kappa shape index (κ3) is 8.46. The van der Waals surface area contributed by atoms with E-state index in [0.29, 0.717) is 25.2 Å². The molecule has 0 heterocycles. The van der Waals surface area contributed by atoms with E-state index in [-0.39, 0.29) is 5.91 Å². The molecule has 3 aromatic rings. The lowest BCUT2D eigenvalue weighted by Crippen LogP contribution is -2.23. The zero-order valence-electron chi connectivity index (χ0n) is 20.0. The average Bonchev–Trinajstić information content (AvgIpc) is 2.85. The maximum absolute atomic E-state index is 12.7. The summed E-state index contributed by atoms with van der Waals surface area (Å²) in [5, 5.41) is 6.20. The van der Waals surface area contributed by atoms with Gasteiger partial charge in [0.05, 0.1) is 5.56 Å². The largest absolute Gasteiger partial charge is 0.416 e. The quantitative estimate of drug-likeness (QED) is 0.211. The molecule has 0 saturated carbocycles. The Bertz CT molecular complexity index is 1120. The van der Waals surface area contributed by atoms with Crippen LogP contribution >= 0.6 is 31.9 Å². The summed E-state index contributed by atoms with van der Waals surface area (Å²) in [6, 6.07) is 17.0. The molecule has 1 amide bonds. The van der Waals surface area contributed by atoms with Crippen molar-refractivity contribution in [2.45, 2.75) is 58.4 Å². The maximum Gasteiger partial charge on any atom is 0.416 e. The van der Waals surface area contributed by atoms with Crippen LogP contribution in [0.4, 0.5) is 13.2 Å². The van der Waals surface area contributed by atoms with Gasteiger partial charge in [-0.1, -0.05) is 88.0 Å². The number of carbonyl (C=O) groups excluding carboxylic acids is 1. The van der Waals surface area contributed by atoms with Crippen molar-refractivity contribution in [2.75, 3.05) is 0 Å². The van der Waals surface area contributed by atoms with Gasteiger partial charge in [-0.25, -0.2) is 0 Å². The summed E-state index contributed by atoms with van der Waals surface area (Å²) in [7, 11) is 0. The molecule has 0 aromatic heterocycles. The summed E-state index contributed by atoms with van der Waals surface area (Å²) in [5.74, 6) is -0.173. The fourth-order valence-electron chi connectivity index (χ4n) is 3.73. The molecule has 0 saturated heterocycles. The molecule has 2 N–H and O–H groups in total. The van der Waals surface area contributed by atoms with Gasteiger partial charge in [0.15, 0.2) is 0 Å². The monoisotopic (exact) mass is 624 g/mol. The summed E-state index contributed by atoms with van der Waals surface area (Å²) in [5.41, 5.74) is 3.89. The summed E-state index contributed by atoms with van der Waals surface area (Å²) in [4.78, 5) is 12.7. The van der Waals surface area contributed by atoms with E-state index < -0.39 is 11.7 Å². The third-order valence-corrected chi connectivity index (χ3v) is 7.28. The minimum Gasteiger partial charge on any atom is -0.348 e. The molecule has 0 radical (unpaired) electrons. The molecular weight excluding hydrogens is 597 g/mol. The van der Waals surface area contributed by atoms with Crippen LogP contribution in [0.15, 0.2) is 69.6 Å². The number of hydrogen-bond donors (Lipinski definition) is 2. The SMILES string of the molecule is CCCCCc1ccc(CNC(=O)c2cc(Br)c(CNCc3ccc(C(F)(F)F)cc3)c(Br)c2)cc1. The zero-order valence-corrected chi connectivity index (χ0v) is 23.2. The minimum absolute atomic E-state index is 0.173. The summed E-state index contributed by atoms with van der Waals surface area (Å²) >= 11 is 7.08. The Morgan fingerprint density at radius 3 is 1.94 bits per heavy atom. The van der Waals surface area contributed by atoms with E-state index in [9.17, 15) is 18.0 Å². The Kier molecular flexibility index (Phi) is 10.6. The van der Waals surface area contributed by atoms with Crippen LogP contribution in [0, 0.1) is 0 Å². The molecule has 0 aliphatic carbocycles. The Labute approximate surface area is 227 Å². The number of unbranched alkanes of at least 4 members (excludes halogenated alkanes) is 2. The normalized spacial score (nSPS) is 11.5. The molecule has 3 aromatic carbocycles. The number of alkyl halides is 3. The van der Waals surface area contributed by atoms with Crippen molar-refractivity contribution in [3.8, 4) is 0 Å². The topological polar surface area (TPSA) is 41.1 Å². The number of nitrogens with one attached hydrogen (secondary N) is 2. The number of amides is 1. The number of aryl methyl sites for hydroxylation is 1. The first kappa shape index (κ1) is 28.4. The molecule has 0 atom stereocenters. The van der Waals surface area contributed by atoms with Gasteiger partial charge in [0.1, 0.15) is 0 Å². The average molecular weight is 626 g/mol. The van der Waals surface area contributed by atoms with Crippen LogP contribution in [-0.4, -0.2) is 5.91 Å². The van der Waals surface area contributed by atoms with Crippen LogP contribution in [0.5, 0.6) is 0 Å². The lowest BCUT2D eigenvalue weighted by molar-refractivity contribution is -0.137. The zero-order chi connectivity index (χ0) is 26.1. The van der Waals surface area contributed by atoms with Gasteiger partial charge in [-0.15, -0.1) is 0 Å². The van der Waals surface area contributed by atoms with Crippen molar-refractivity contribution in [3.05, 3.63) is 103 Å². The van der Waals surface area contributed by atoms with Gasteiger partial charge in [-0.2, -0.15) is 13.2 Å². The third-order valence-electron chi connectivity index (χ3n) is 5.86. The Morgan fingerprint density at radius 2 is 1.36 bits per heavy atom. The number of halogens is 5. The molecule has 0 fully saturated rings. The van der Waals surface area contributed by atoms with Crippen LogP contribution < -0.4 is 10.6 Å².